The minimum Gasteiger partial charge on any atom is -0.484 e. The Morgan fingerprint density at radius 3 is 2.68 bits per heavy atom. The third-order valence-corrected chi connectivity index (χ3v) is 2.60. The van der Waals surface area contributed by atoms with Crippen molar-refractivity contribution < 1.29 is 23.0 Å². The molecule has 1 fully saturated rings. The molecule has 7 heteroatoms. The molecule has 5 nitrogen and oxygen atoms in total. The molecule has 0 aliphatic carbocycles. The van der Waals surface area contributed by atoms with Gasteiger partial charge in [0.1, 0.15) is 6.61 Å². The van der Waals surface area contributed by atoms with Gasteiger partial charge < -0.3 is 20.1 Å². The molecule has 1 aliphatic rings. The number of alkyl carbamates (subject to hydrolysis) is 1. The number of amides is 1. The minimum absolute atomic E-state index is 0.0993. The fourth-order valence-corrected chi connectivity index (χ4v) is 1.76. The van der Waals surface area contributed by atoms with E-state index in [2.05, 4.69) is 10.6 Å². The maximum absolute atomic E-state index is 13.7. The van der Waals surface area contributed by atoms with Crippen molar-refractivity contribution in [1.29, 1.82) is 0 Å². The van der Waals surface area contributed by atoms with E-state index in [0.717, 1.165) is 0 Å². The number of ether oxygens (including phenoxy) is 2. The molecular weight excluding hydrogens is 258 g/mol. The highest BCUT2D eigenvalue weighted by molar-refractivity contribution is 5.69. The number of carbonyl (C=O) groups is 1. The van der Waals surface area contributed by atoms with Crippen LogP contribution in [0, 0.1) is 11.6 Å². The fraction of sp³-hybridized carbons (Fsp3) is 0.417. The lowest BCUT2D eigenvalue weighted by Gasteiger charge is -2.12. The molecule has 0 aromatic heterocycles. The molecule has 1 heterocycles. The van der Waals surface area contributed by atoms with Crippen LogP contribution in [-0.4, -0.2) is 32.4 Å². The second kappa shape index (κ2) is 5.83. The molecule has 1 saturated heterocycles. The van der Waals surface area contributed by atoms with E-state index < -0.39 is 29.6 Å². The number of hydrogen-bond acceptors (Lipinski definition) is 4. The summed E-state index contributed by atoms with van der Waals surface area (Å²) in [6.45, 7) is 0.524. The van der Waals surface area contributed by atoms with E-state index in [0.29, 0.717) is 12.1 Å². The van der Waals surface area contributed by atoms with Crippen LogP contribution >= 0.6 is 0 Å². The molecule has 2 rings (SSSR count). The van der Waals surface area contributed by atoms with E-state index >= 15 is 0 Å². The number of nitrogens with one attached hydrogen (secondary N) is 2. The van der Waals surface area contributed by atoms with Gasteiger partial charge in [0, 0.05) is 6.54 Å². The number of cyclic esters (lactones) is 1. The Bertz CT molecular complexity index is 459. The van der Waals surface area contributed by atoms with Crippen LogP contribution in [0.4, 0.5) is 13.6 Å². The van der Waals surface area contributed by atoms with Crippen LogP contribution in [-0.2, 0) is 11.3 Å². The Labute approximate surface area is 108 Å². The monoisotopic (exact) mass is 272 g/mol. The Morgan fingerprint density at radius 1 is 1.47 bits per heavy atom. The summed E-state index contributed by atoms with van der Waals surface area (Å²) in [5, 5.41) is 5.22. The number of halogens is 2. The zero-order valence-electron chi connectivity index (χ0n) is 10.3. The smallest absolute Gasteiger partial charge is 0.407 e. The lowest BCUT2D eigenvalue weighted by molar-refractivity contribution is 0.101. The number of carbonyl (C=O) groups excluding carboxylic acids is 1. The summed E-state index contributed by atoms with van der Waals surface area (Å²) in [6, 6.07) is 2.40. The van der Waals surface area contributed by atoms with Gasteiger partial charge in [-0.25, -0.2) is 13.6 Å². The highest BCUT2D eigenvalue weighted by Crippen LogP contribution is 2.23. The average Bonchev–Trinajstić information content (AvgIpc) is 2.74. The maximum atomic E-state index is 13.7. The summed E-state index contributed by atoms with van der Waals surface area (Å²) in [5.74, 6) is -2.01. The summed E-state index contributed by atoms with van der Waals surface area (Å²) in [4.78, 5) is 10.8. The van der Waals surface area contributed by atoms with Crippen LogP contribution in [0.5, 0.6) is 5.75 Å². The van der Waals surface area contributed by atoms with Crippen molar-refractivity contribution in [3.8, 4) is 5.75 Å². The molecule has 1 aromatic carbocycles. The van der Waals surface area contributed by atoms with E-state index in [1.165, 1.54) is 12.1 Å². The van der Waals surface area contributed by atoms with Gasteiger partial charge in [-0.05, 0) is 24.7 Å². The van der Waals surface area contributed by atoms with E-state index in [9.17, 15) is 13.6 Å². The molecule has 0 radical (unpaired) electrons. The van der Waals surface area contributed by atoms with Crippen molar-refractivity contribution in [2.75, 3.05) is 20.2 Å². The summed E-state index contributed by atoms with van der Waals surface area (Å²) < 4.78 is 37.2. The van der Waals surface area contributed by atoms with Crippen molar-refractivity contribution >= 4 is 6.09 Å². The second-order valence-corrected chi connectivity index (χ2v) is 4.14. The molecule has 104 valence electrons. The van der Waals surface area contributed by atoms with Crippen LogP contribution < -0.4 is 15.4 Å². The lowest BCUT2D eigenvalue weighted by Crippen LogP contribution is -2.22. The lowest BCUT2D eigenvalue weighted by atomic mass is 10.2. The van der Waals surface area contributed by atoms with E-state index in [-0.39, 0.29) is 13.2 Å². The van der Waals surface area contributed by atoms with Crippen LogP contribution in [0.2, 0.25) is 0 Å². The van der Waals surface area contributed by atoms with E-state index in [1.54, 1.807) is 7.05 Å². The zero-order valence-corrected chi connectivity index (χ0v) is 10.3. The van der Waals surface area contributed by atoms with Crippen molar-refractivity contribution in [2.45, 2.75) is 12.6 Å². The second-order valence-electron chi connectivity index (χ2n) is 4.14. The van der Waals surface area contributed by atoms with Crippen molar-refractivity contribution in [1.82, 2.24) is 10.6 Å². The van der Waals surface area contributed by atoms with Crippen LogP contribution in [0.1, 0.15) is 5.56 Å². The first-order valence-electron chi connectivity index (χ1n) is 5.80. The highest BCUT2D eigenvalue weighted by atomic mass is 19.1. The van der Waals surface area contributed by atoms with Crippen molar-refractivity contribution in [2.24, 2.45) is 0 Å². The molecule has 1 unspecified atom stereocenters. The van der Waals surface area contributed by atoms with Gasteiger partial charge in [0.2, 0.25) is 0 Å². The standard InChI is InChI=1S/C12H14F2N2O3/c1-15-4-7-2-9(13)11(10(14)3-7)18-6-8-5-16-12(17)19-8/h2-3,8,15H,4-6H2,1H3,(H,16,17). The van der Waals surface area contributed by atoms with E-state index in [4.69, 9.17) is 9.47 Å². The number of rotatable bonds is 5. The van der Waals surface area contributed by atoms with Crippen LogP contribution in [0.15, 0.2) is 12.1 Å². The number of benzene rings is 1. The Morgan fingerprint density at radius 2 is 2.16 bits per heavy atom. The van der Waals surface area contributed by atoms with Crippen LogP contribution in [0.25, 0.3) is 0 Å². The van der Waals surface area contributed by atoms with Crippen molar-refractivity contribution in [3.63, 3.8) is 0 Å². The van der Waals surface area contributed by atoms with Gasteiger partial charge in [0.15, 0.2) is 23.5 Å². The highest BCUT2D eigenvalue weighted by Gasteiger charge is 2.24. The van der Waals surface area contributed by atoms with Gasteiger partial charge in [0.25, 0.3) is 0 Å². The Balaban J connectivity index is 2.01. The zero-order chi connectivity index (χ0) is 13.8. The molecule has 0 bridgehead atoms. The molecule has 1 amide bonds. The first kappa shape index (κ1) is 13.5. The molecule has 0 saturated carbocycles. The summed E-state index contributed by atoms with van der Waals surface area (Å²) in [6.07, 6.45) is -1.10. The summed E-state index contributed by atoms with van der Waals surface area (Å²) in [7, 11) is 1.68. The molecular formula is C12H14F2N2O3. The quantitative estimate of drug-likeness (QED) is 0.845. The fourth-order valence-electron chi connectivity index (χ4n) is 1.76. The van der Waals surface area contributed by atoms with Gasteiger partial charge in [-0.15, -0.1) is 0 Å². The van der Waals surface area contributed by atoms with Gasteiger partial charge in [-0.1, -0.05) is 0 Å². The predicted molar refractivity (Wildman–Crippen MR) is 62.9 cm³/mol. The summed E-state index contributed by atoms with van der Waals surface area (Å²) in [5.41, 5.74) is 0.485. The maximum Gasteiger partial charge on any atom is 0.407 e. The van der Waals surface area contributed by atoms with Gasteiger partial charge in [-0.2, -0.15) is 0 Å². The van der Waals surface area contributed by atoms with Crippen molar-refractivity contribution in [3.05, 3.63) is 29.3 Å². The topological polar surface area (TPSA) is 59.6 Å². The van der Waals surface area contributed by atoms with Crippen LogP contribution in [0.3, 0.4) is 0 Å². The van der Waals surface area contributed by atoms with Gasteiger partial charge >= 0.3 is 6.09 Å². The predicted octanol–water partition coefficient (Wildman–Crippen LogP) is 1.17. The van der Waals surface area contributed by atoms with E-state index in [1.807, 2.05) is 0 Å². The molecule has 1 aromatic rings. The first-order valence-corrected chi connectivity index (χ1v) is 5.80. The average molecular weight is 272 g/mol. The normalized spacial score (nSPS) is 18.1. The number of hydrogen-bond donors (Lipinski definition) is 2. The SMILES string of the molecule is CNCc1cc(F)c(OCC2CNC(=O)O2)c(F)c1. The Kier molecular flexibility index (Phi) is 4.16. The molecule has 2 N–H and O–H groups in total. The molecule has 0 spiro atoms. The minimum atomic E-state index is -0.775. The first-order chi connectivity index (χ1) is 9.10. The molecule has 1 aliphatic heterocycles. The Hall–Kier alpha value is -1.89. The largest absolute Gasteiger partial charge is 0.484 e. The third kappa shape index (κ3) is 3.31. The van der Waals surface area contributed by atoms with Gasteiger partial charge in [0.05, 0.1) is 6.54 Å². The summed E-state index contributed by atoms with van der Waals surface area (Å²) >= 11 is 0. The molecule has 19 heavy (non-hydrogen) atoms. The van der Waals surface area contributed by atoms with Gasteiger partial charge in [-0.3, -0.25) is 0 Å². The third-order valence-electron chi connectivity index (χ3n) is 2.60. The molecule has 1 atom stereocenters.